The van der Waals surface area contributed by atoms with Gasteiger partial charge in [-0.2, -0.15) is 0 Å². The Morgan fingerprint density at radius 3 is 2.07 bits per heavy atom. The molecule has 0 atom stereocenters. The summed E-state index contributed by atoms with van der Waals surface area (Å²) in [6.45, 7) is 0. The van der Waals surface area contributed by atoms with Crippen molar-refractivity contribution in [2.75, 3.05) is 9.44 Å². The van der Waals surface area contributed by atoms with Crippen LogP contribution in [0.1, 0.15) is 0 Å². The quantitative estimate of drug-likeness (QED) is 0.679. The van der Waals surface area contributed by atoms with Crippen LogP contribution in [0, 0.1) is 0 Å². The molecule has 0 aromatic heterocycles. The van der Waals surface area contributed by atoms with Crippen molar-refractivity contribution < 1.29 is 4.21 Å². The summed E-state index contributed by atoms with van der Waals surface area (Å²) in [4.78, 5) is 0. The molecular weight excluding hydrogens is 196 g/mol. The van der Waals surface area contributed by atoms with Gasteiger partial charge in [0.1, 0.15) is 0 Å². The van der Waals surface area contributed by atoms with E-state index in [4.69, 9.17) is 0 Å². The summed E-state index contributed by atoms with van der Waals surface area (Å²) in [7, 11) is 0. The number of hydrogen-bond donors (Lipinski definition) is 2. The van der Waals surface area contributed by atoms with E-state index in [9.17, 15) is 4.21 Å². The van der Waals surface area contributed by atoms with E-state index in [1.54, 1.807) is 0 Å². The van der Waals surface area contributed by atoms with Crippen molar-refractivity contribution in [1.82, 2.24) is 0 Å². The van der Waals surface area contributed by atoms with Gasteiger partial charge >= 0.3 is 0 Å². The first kappa shape index (κ1) is 7.82. The highest BCUT2D eigenvalue weighted by Gasteiger charge is 2.14. The number of rotatable bonds is 0. The molecule has 1 heterocycles. The van der Waals surface area contributed by atoms with Crippen molar-refractivity contribution >= 4 is 33.3 Å². The van der Waals surface area contributed by atoms with Gasteiger partial charge in [-0.3, -0.25) is 9.44 Å². The average molecular weight is 204 g/mol. The number of benzene rings is 2. The standard InChI is InChI=1S/C10H8N2OS/c13-14-11-8-5-1-3-7-4-2-6-9(12-14)10(7)8/h1-6,11-12H. The van der Waals surface area contributed by atoms with Crippen molar-refractivity contribution in [2.24, 2.45) is 0 Å². The molecule has 14 heavy (non-hydrogen) atoms. The van der Waals surface area contributed by atoms with Crippen LogP contribution in [-0.2, 0) is 11.2 Å². The average Bonchev–Trinajstić information content (AvgIpc) is 2.18. The van der Waals surface area contributed by atoms with E-state index < -0.39 is 11.2 Å². The Hall–Kier alpha value is -1.55. The van der Waals surface area contributed by atoms with Crippen molar-refractivity contribution in [3.8, 4) is 0 Å². The molecule has 0 saturated carbocycles. The molecule has 0 bridgehead atoms. The van der Waals surface area contributed by atoms with E-state index >= 15 is 0 Å². The minimum absolute atomic E-state index is 0.926. The highest BCUT2D eigenvalue weighted by atomic mass is 32.2. The third kappa shape index (κ3) is 1.01. The van der Waals surface area contributed by atoms with Crippen molar-refractivity contribution in [2.45, 2.75) is 0 Å². The number of anilines is 2. The van der Waals surface area contributed by atoms with E-state index in [1.165, 1.54) is 0 Å². The second-order valence-corrected chi connectivity index (χ2v) is 4.13. The van der Waals surface area contributed by atoms with Gasteiger partial charge in [-0.1, -0.05) is 24.3 Å². The summed E-state index contributed by atoms with van der Waals surface area (Å²) in [6, 6.07) is 11.9. The van der Waals surface area contributed by atoms with Gasteiger partial charge in [0.2, 0.25) is 11.2 Å². The van der Waals surface area contributed by atoms with Crippen molar-refractivity contribution in [3.63, 3.8) is 0 Å². The van der Waals surface area contributed by atoms with E-state index in [2.05, 4.69) is 9.44 Å². The van der Waals surface area contributed by atoms with E-state index in [0.717, 1.165) is 22.1 Å². The maximum atomic E-state index is 11.4. The first-order chi connectivity index (χ1) is 6.84. The molecule has 3 nitrogen and oxygen atoms in total. The van der Waals surface area contributed by atoms with Crippen molar-refractivity contribution in [3.05, 3.63) is 36.4 Å². The second-order valence-electron chi connectivity index (χ2n) is 3.18. The van der Waals surface area contributed by atoms with Crippen LogP contribution in [0.5, 0.6) is 0 Å². The summed E-state index contributed by atoms with van der Waals surface area (Å²) >= 11 is -1.21. The molecule has 0 aliphatic carbocycles. The van der Waals surface area contributed by atoms with Crippen LogP contribution in [-0.4, -0.2) is 4.21 Å². The molecule has 2 N–H and O–H groups in total. The van der Waals surface area contributed by atoms with Gasteiger partial charge in [-0.15, -0.1) is 0 Å². The minimum atomic E-state index is -1.21. The zero-order chi connectivity index (χ0) is 9.54. The molecule has 0 saturated heterocycles. The number of nitrogens with one attached hydrogen (secondary N) is 2. The fourth-order valence-corrected chi connectivity index (χ4v) is 2.53. The SMILES string of the molecule is O=S1Nc2cccc3cccc(c23)N1. The lowest BCUT2D eigenvalue weighted by Gasteiger charge is -2.19. The minimum Gasteiger partial charge on any atom is -0.287 e. The van der Waals surface area contributed by atoms with Crippen LogP contribution in [0.2, 0.25) is 0 Å². The van der Waals surface area contributed by atoms with Gasteiger partial charge in [0, 0.05) is 5.39 Å². The van der Waals surface area contributed by atoms with Crippen molar-refractivity contribution in [1.29, 1.82) is 0 Å². The largest absolute Gasteiger partial charge is 0.287 e. The zero-order valence-corrected chi connectivity index (χ0v) is 8.10. The van der Waals surface area contributed by atoms with E-state index in [0.29, 0.717) is 0 Å². The first-order valence-corrected chi connectivity index (χ1v) is 5.46. The topological polar surface area (TPSA) is 41.1 Å². The molecule has 1 aliphatic heterocycles. The molecule has 0 radical (unpaired) electrons. The zero-order valence-electron chi connectivity index (χ0n) is 7.28. The molecule has 0 unspecified atom stereocenters. The molecular formula is C10H8N2OS. The lowest BCUT2D eigenvalue weighted by Crippen LogP contribution is -2.18. The lowest BCUT2D eigenvalue weighted by molar-refractivity contribution is 0.689. The van der Waals surface area contributed by atoms with Gasteiger partial charge in [0.25, 0.3) is 0 Å². The van der Waals surface area contributed by atoms with Crippen LogP contribution in [0.4, 0.5) is 11.4 Å². The highest BCUT2D eigenvalue weighted by Crippen LogP contribution is 2.33. The van der Waals surface area contributed by atoms with Gasteiger partial charge in [0.05, 0.1) is 11.4 Å². The maximum Gasteiger partial charge on any atom is 0.220 e. The molecule has 1 aliphatic rings. The Balaban J connectivity index is 2.45. The summed E-state index contributed by atoms with van der Waals surface area (Å²) < 4.78 is 17.1. The molecule has 2 aromatic rings. The van der Waals surface area contributed by atoms with E-state index in [1.807, 2.05) is 36.4 Å². The summed E-state index contributed by atoms with van der Waals surface area (Å²) in [6.07, 6.45) is 0. The first-order valence-electron chi connectivity index (χ1n) is 4.31. The van der Waals surface area contributed by atoms with Crippen LogP contribution >= 0.6 is 0 Å². The predicted octanol–water partition coefficient (Wildman–Crippen LogP) is 2.26. The summed E-state index contributed by atoms with van der Waals surface area (Å²) in [5.41, 5.74) is 1.85. The van der Waals surface area contributed by atoms with Gasteiger partial charge in [0.15, 0.2) is 0 Å². The lowest BCUT2D eigenvalue weighted by atomic mass is 10.1. The van der Waals surface area contributed by atoms with Crippen LogP contribution < -0.4 is 9.44 Å². The third-order valence-electron chi connectivity index (χ3n) is 2.31. The van der Waals surface area contributed by atoms with Gasteiger partial charge in [-0.05, 0) is 17.5 Å². The third-order valence-corrected chi connectivity index (χ3v) is 3.12. The number of hydrogen-bond acceptors (Lipinski definition) is 1. The second kappa shape index (κ2) is 2.72. The smallest absolute Gasteiger partial charge is 0.220 e. The molecule has 0 fully saturated rings. The van der Waals surface area contributed by atoms with Crippen LogP contribution in [0.3, 0.4) is 0 Å². The van der Waals surface area contributed by atoms with Gasteiger partial charge in [-0.25, -0.2) is 4.21 Å². The highest BCUT2D eigenvalue weighted by molar-refractivity contribution is 7.87. The Labute approximate surface area is 83.9 Å². The molecule has 70 valence electrons. The Morgan fingerprint density at radius 1 is 0.929 bits per heavy atom. The maximum absolute atomic E-state index is 11.4. The van der Waals surface area contributed by atoms with Crippen LogP contribution in [0.15, 0.2) is 36.4 Å². The fraction of sp³-hybridized carbons (Fsp3) is 0. The van der Waals surface area contributed by atoms with Crippen LogP contribution in [0.25, 0.3) is 10.8 Å². The Kier molecular flexibility index (Phi) is 1.52. The summed E-state index contributed by atoms with van der Waals surface area (Å²) in [5.74, 6) is 0. The molecule has 0 amide bonds. The molecule has 0 spiro atoms. The normalized spacial score (nSPS) is 14.9. The van der Waals surface area contributed by atoms with E-state index in [-0.39, 0.29) is 0 Å². The predicted molar refractivity (Wildman–Crippen MR) is 59.3 cm³/mol. The molecule has 2 aromatic carbocycles. The summed E-state index contributed by atoms with van der Waals surface area (Å²) in [5, 5.41) is 2.26. The molecule has 3 rings (SSSR count). The van der Waals surface area contributed by atoms with Gasteiger partial charge < -0.3 is 0 Å². The monoisotopic (exact) mass is 204 g/mol. The fourth-order valence-electron chi connectivity index (χ4n) is 1.74. The Bertz CT molecular complexity index is 496. The molecule has 4 heteroatoms. The Morgan fingerprint density at radius 2 is 1.50 bits per heavy atom.